The lowest BCUT2D eigenvalue weighted by atomic mass is 9.85. The van der Waals surface area contributed by atoms with Crippen LogP contribution in [0.25, 0.3) is 10.9 Å². The molecule has 1 saturated heterocycles. The number of imide groups is 1. The molecule has 2 aliphatic carbocycles. The molecule has 4 atom stereocenters. The number of allylic oxidation sites excluding steroid dienone is 2. The zero-order valence-corrected chi connectivity index (χ0v) is 17.8. The van der Waals surface area contributed by atoms with Gasteiger partial charge in [0.2, 0.25) is 11.8 Å². The van der Waals surface area contributed by atoms with E-state index in [0.717, 1.165) is 24.9 Å². The molecule has 3 aliphatic rings. The van der Waals surface area contributed by atoms with Gasteiger partial charge in [-0.05, 0) is 43.2 Å². The van der Waals surface area contributed by atoms with Gasteiger partial charge in [-0.3, -0.25) is 19.5 Å². The lowest BCUT2D eigenvalue weighted by molar-refractivity contribution is -0.140. The predicted molar refractivity (Wildman–Crippen MR) is 120 cm³/mol. The van der Waals surface area contributed by atoms with E-state index in [1.807, 2.05) is 25.3 Å². The molecule has 1 saturated carbocycles. The lowest BCUT2D eigenvalue weighted by Crippen LogP contribution is -2.43. The first kappa shape index (κ1) is 19.8. The minimum Gasteiger partial charge on any atom is -0.361 e. The van der Waals surface area contributed by atoms with Crippen molar-refractivity contribution in [3.8, 4) is 0 Å². The zero-order chi connectivity index (χ0) is 21.4. The molecule has 2 heterocycles. The van der Waals surface area contributed by atoms with Gasteiger partial charge in [0, 0.05) is 43.3 Å². The number of likely N-dealkylation sites (tertiary alicyclic amines) is 1. The number of aromatic amines is 1. The van der Waals surface area contributed by atoms with Crippen LogP contribution in [0.5, 0.6) is 0 Å². The molecule has 3 N–H and O–H groups in total. The fraction of sp³-hybridized carbons (Fsp3) is 0.458. The number of fused-ring (bicyclic) bond motifs is 6. The van der Waals surface area contributed by atoms with E-state index in [1.54, 1.807) is 0 Å². The Morgan fingerprint density at radius 2 is 1.87 bits per heavy atom. The van der Waals surface area contributed by atoms with Crippen LogP contribution in [-0.2, 0) is 16.0 Å². The minimum atomic E-state index is -0.124. The van der Waals surface area contributed by atoms with E-state index in [-0.39, 0.29) is 35.5 Å². The average molecular weight is 420 g/mol. The molecule has 4 unspecified atom stereocenters. The second kappa shape index (κ2) is 8.21. The molecule has 31 heavy (non-hydrogen) atoms. The number of hydrogen-bond donors (Lipinski definition) is 3. The van der Waals surface area contributed by atoms with Crippen LogP contribution in [0.4, 0.5) is 0 Å². The number of carbonyl (C=O) groups excluding carboxylic acids is 2. The number of rotatable bonds is 7. The summed E-state index contributed by atoms with van der Waals surface area (Å²) in [7, 11) is 0. The monoisotopic (exact) mass is 419 g/mol. The molecule has 7 heteroatoms. The average Bonchev–Trinajstić information content (AvgIpc) is 3.54. The predicted octanol–water partition coefficient (Wildman–Crippen LogP) is 2.07. The lowest BCUT2D eigenvalue weighted by Gasteiger charge is -2.18. The number of benzene rings is 1. The Kier molecular flexibility index (Phi) is 5.26. The molecular weight excluding hydrogens is 390 g/mol. The molecule has 7 nitrogen and oxygen atoms in total. The topological polar surface area (TPSA) is 89.6 Å². The van der Waals surface area contributed by atoms with E-state index in [1.165, 1.54) is 15.8 Å². The number of guanidine groups is 1. The van der Waals surface area contributed by atoms with Crippen molar-refractivity contribution in [2.45, 2.75) is 19.8 Å². The maximum Gasteiger partial charge on any atom is 0.233 e. The fourth-order valence-corrected chi connectivity index (χ4v) is 5.44. The molecular formula is C24H29N5O2. The number of nitrogens with one attached hydrogen (secondary N) is 3. The van der Waals surface area contributed by atoms with Gasteiger partial charge in [-0.25, -0.2) is 0 Å². The largest absolute Gasteiger partial charge is 0.361 e. The third kappa shape index (κ3) is 3.52. The van der Waals surface area contributed by atoms with Gasteiger partial charge in [0.15, 0.2) is 5.96 Å². The number of aromatic nitrogens is 1. The summed E-state index contributed by atoms with van der Waals surface area (Å²) in [5.74, 6) is 0.995. The van der Waals surface area contributed by atoms with Crippen LogP contribution in [0.1, 0.15) is 18.9 Å². The molecule has 162 valence electrons. The summed E-state index contributed by atoms with van der Waals surface area (Å²) in [6.45, 7) is 4.31. The van der Waals surface area contributed by atoms with Crippen molar-refractivity contribution in [1.29, 1.82) is 0 Å². The number of para-hydroxylation sites is 1. The third-order valence-corrected chi connectivity index (χ3v) is 6.86. The smallest absolute Gasteiger partial charge is 0.233 e. The van der Waals surface area contributed by atoms with Gasteiger partial charge < -0.3 is 15.6 Å². The first-order chi connectivity index (χ1) is 15.2. The molecule has 0 radical (unpaired) electrons. The number of hydrogen-bond acceptors (Lipinski definition) is 3. The van der Waals surface area contributed by atoms with Crippen molar-refractivity contribution in [3.05, 3.63) is 48.2 Å². The van der Waals surface area contributed by atoms with E-state index in [4.69, 9.17) is 0 Å². The highest BCUT2D eigenvalue weighted by Gasteiger charge is 2.58. The summed E-state index contributed by atoms with van der Waals surface area (Å²) in [5, 5.41) is 7.76. The summed E-state index contributed by atoms with van der Waals surface area (Å²) in [6, 6.07) is 8.27. The van der Waals surface area contributed by atoms with Gasteiger partial charge in [-0.15, -0.1) is 0 Å². The summed E-state index contributed by atoms with van der Waals surface area (Å²) in [4.78, 5) is 35.0. The van der Waals surface area contributed by atoms with Crippen LogP contribution in [0.2, 0.25) is 0 Å². The third-order valence-electron chi connectivity index (χ3n) is 6.86. The van der Waals surface area contributed by atoms with Crippen LogP contribution in [-0.4, -0.2) is 53.8 Å². The molecule has 2 fully saturated rings. The summed E-state index contributed by atoms with van der Waals surface area (Å²) in [5.41, 5.74) is 2.39. The first-order valence-electron chi connectivity index (χ1n) is 11.3. The Labute approximate surface area is 182 Å². The summed E-state index contributed by atoms with van der Waals surface area (Å²) >= 11 is 0. The summed E-state index contributed by atoms with van der Waals surface area (Å²) < 4.78 is 0. The second-order valence-electron chi connectivity index (χ2n) is 8.62. The van der Waals surface area contributed by atoms with E-state index in [2.05, 4.69) is 44.9 Å². The number of carbonyl (C=O) groups is 2. The number of nitrogens with zero attached hydrogens (tertiary/aromatic N) is 2. The van der Waals surface area contributed by atoms with E-state index in [9.17, 15) is 9.59 Å². The maximum absolute atomic E-state index is 12.8. The Balaban J connectivity index is 1.15. The molecule has 1 aromatic heterocycles. The molecule has 1 aromatic carbocycles. The van der Waals surface area contributed by atoms with E-state index >= 15 is 0 Å². The van der Waals surface area contributed by atoms with Crippen molar-refractivity contribution >= 4 is 28.7 Å². The van der Waals surface area contributed by atoms with Crippen LogP contribution in [0.3, 0.4) is 0 Å². The van der Waals surface area contributed by atoms with Gasteiger partial charge in [0.05, 0.1) is 11.8 Å². The SMILES string of the molecule is CCNC(=NCCc1c[nH]c2ccccc12)NCCN1C(=O)C2C3C=CC(C3)C2C1=O. The second-order valence-corrected chi connectivity index (χ2v) is 8.62. The Hall–Kier alpha value is -3.09. The quantitative estimate of drug-likeness (QED) is 0.277. The van der Waals surface area contributed by atoms with Crippen molar-refractivity contribution < 1.29 is 9.59 Å². The zero-order valence-electron chi connectivity index (χ0n) is 17.8. The molecule has 1 aliphatic heterocycles. The van der Waals surface area contributed by atoms with Crippen LogP contribution in [0, 0.1) is 23.7 Å². The van der Waals surface area contributed by atoms with Gasteiger partial charge >= 0.3 is 0 Å². The van der Waals surface area contributed by atoms with Crippen LogP contribution in [0.15, 0.2) is 47.6 Å². The summed E-state index contributed by atoms with van der Waals surface area (Å²) in [6.07, 6.45) is 8.10. The van der Waals surface area contributed by atoms with E-state index in [0.29, 0.717) is 25.6 Å². The Bertz CT molecular complexity index is 1030. The highest BCUT2D eigenvalue weighted by Crippen LogP contribution is 2.52. The molecule has 2 aromatic rings. The van der Waals surface area contributed by atoms with Crippen LogP contribution >= 0.6 is 0 Å². The highest BCUT2D eigenvalue weighted by molar-refractivity contribution is 6.06. The fourth-order valence-electron chi connectivity index (χ4n) is 5.44. The maximum atomic E-state index is 12.8. The standard InChI is InChI=1S/C24H29N5O2/c1-2-25-24(26-10-9-17-14-28-19-6-4-3-5-18(17)19)27-11-12-29-22(30)20-15-7-8-16(13-15)21(20)23(29)31/h3-8,14-16,20-21,28H,2,9-13H2,1H3,(H2,25,26,27). The molecule has 0 spiro atoms. The van der Waals surface area contributed by atoms with Gasteiger partial charge in [0.1, 0.15) is 0 Å². The Morgan fingerprint density at radius 1 is 1.13 bits per heavy atom. The normalized spacial score (nSPS) is 26.9. The van der Waals surface area contributed by atoms with Crippen molar-refractivity contribution in [3.63, 3.8) is 0 Å². The van der Waals surface area contributed by atoms with Gasteiger partial charge in [-0.1, -0.05) is 30.4 Å². The van der Waals surface area contributed by atoms with Crippen LogP contribution < -0.4 is 10.6 Å². The molecule has 2 amide bonds. The Morgan fingerprint density at radius 3 is 2.61 bits per heavy atom. The van der Waals surface area contributed by atoms with Crippen molar-refractivity contribution in [2.75, 3.05) is 26.2 Å². The molecule has 5 rings (SSSR count). The van der Waals surface area contributed by atoms with Gasteiger partial charge in [-0.2, -0.15) is 0 Å². The number of aliphatic imine (C=N–C) groups is 1. The van der Waals surface area contributed by atoms with E-state index < -0.39 is 0 Å². The highest BCUT2D eigenvalue weighted by atomic mass is 16.2. The first-order valence-corrected chi connectivity index (χ1v) is 11.3. The van der Waals surface area contributed by atoms with Crippen molar-refractivity contribution in [1.82, 2.24) is 20.5 Å². The minimum absolute atomic E-state index is 0.00919. The van der Waals surface area contributed by atoms with Crippen molar-refractivity contribution in [2.24, 2.45) is 28.7 Å². The number of H-pyrrole nitrogens is 1. The number of amides is 2. The van der Waals surface area contributed by atoms with Gasteiger partial charge in [0.25, 0.3) is 0 Å². The molecule has 2 bridgehead atoms.